The summed E-state index contributed by atoms with van der Waals surface area (Å²) in [6.45, 7) is 1.67. The first kappa shape index (κ1) is 16.4. The first-order valence-electron chi connectivity index (χ1n) is 7.67. The van der Waals surface area contributed by atoms with Crippen molar-refractivity contribution >= 4 is 23.5 Å². The van der Waals surface area contributed by atoms with Gasteiger partial charge in [0.2, 0.25) is 5.91 Å². The summed E-state index contributed by atoms with van der Waals surface area (Å²) in [4.78, 5) is 36.4. The minimum atomic E-state index is -1.01. The number of hydrogen-bond acceptors (Lipinski definition) is 4. The zero-order chi connectivity index (χ0) is 17.3. The van der Waals surface area contributed by atoms with Crippen LogP contribution in [0.25, 0.3) is 0 Å². The van der Waals surface area contributed by atoms with Crippen molar-refractivity contribution in [1.29, 1.82) is 0 Å². The van der Waals surface area contributed by atoms with E-state index in [4.69, 9.17) is 9.84 Å². The summed E-state index contributed by atoms with van der Waals surface area (Å²) in [5, 5.41) is 11.3. The van der Waals surface area contributed by atoms with Crippen LogP contribution >= 0.6 is 0 Å². The molecule has 1 aromatic rings. The average molecular weight is 336 g/mol. The molecule has 0 unspecified atom stereocenters. The molecule has 2 N–H and O–H groups in total. The number of nitrogens with zero attached hydrogens (tertiary/aromatic N) is 1. The monoisotopic (exact) mass is 336 g/mol. The van der Waals surface area contributed by atoms with E-state index < -0.39 is 35.4 Å². The highest BCUT2D eigenvalue weighted by Gasteiger charge is 2.48. The van der Waals surface area contributed by atoms with Crippen molar-refractivity contribution in [3.8, 4) is 0 Å². The molecule has 0 aromatic heterocycles. The Hall–Kier alpha value is -2.48. The lowest BCUT2D eigenvalue weighted by Crippen LogP contribution is -2.41. The van der Waals surface area contributed by atoms with E-state index in [9.17, 15) is 18.8 Å². The third kappa shape index (κ3) is 3.38. The van der Waals surface area contributed by atoms with Gasteiger partial charge in [0.1, 0.15) is 5.82 Å². The zero-order valence-corrected chi connectivity index (χ0v) is 12.8. The quantitative estimate of drug-likeness (QED) is 0.854. The van der Waals surface area contributed by atoms with E-state index in [1.54, 1.807) is 0 Å². The van der Waals surface area contributed by atoms with Crippen molar-refractivity contribution < 1.29 is 28.6 Å². The van der Waals surface area contributed by atoms with Gasteiger partial charge in [-0.05, 0) is 24.6 Å². The average Bonchev–Trinajstić information content (AvgIpc) is 3.36. The van der Waals surface area contributed by atoms with E-state index in [0.29, 0.717) is 26.3 Å². The summed E-state index contributed by atoms with van der Waals surface area (Å²) in [5.74, 6) is -3.85. The first-order valence-corrected chi connectivity index (χ1v) is 7.67. The van der Waals surface area contributed by atoms with Gasteiger partial charge in [0.25, 0.3) is 5.91 Å². The van der Waals surface area contributed by atoms with Crippen molar-refractivity contribution in [3.05, 3.63) is 29.6 Å². The molecule has 2 fully saturated rings. The van der Waals surface area contributed by atoms with Gasteiger partial charge in [-0.15, -0.1) is 0 Å². The van der Waals surface area contributed by atoms with Crippen LogP contribution in [-0.2, 0) is 14.3 Å². The number of hydrogen-bond donors (Lipinski definition) is 2. The number of benzene rings is 1. The predicted octanol–water partition coefficient (Wildman–Crippen LogP) is 0.957. The minimum Gasteiger partial charge on any atom is -0.481 e. The lowest BCUT2D eigenvalue weighted by molar-refractivity contribution is -0.139. The van der Waals surface area contributed by atoms with Crippen LogP contribution in [-0.4, -0.2) is 54.1 Å². The SMILES string of the molecule is O=C(Nc1ccc(C(=O)N2CCOCC2)c(F)c1)[C@H]1C[C@H]1C(=O)O. The van der Waals surface area contributed by atoms with Gasteiger partial charge in [0, 0.05) is 18.8 Å². The fraction of sp³-hybridized carbons (Fsp3) is 0.438. The number of anilines is 1. The van der Waals surface area contributed by atoms with E-state index in [1.165, 1.54) is 17.0 Å². The molecule has 7 nitrogen and oxygen atoms in total. The summed E-state index contributed by atoms with van der Waals surface area (Å²) < 4.78 is 19.4. The Kier molecular flexibility index (Phi) is 4.48. The maximum atomic E-state index is 14.2. The second-order valence-corrected chi connectivity index (χ2v) is 5.88. The maximum absolute atomic E-state index is 14.2. The van der Waals surface area contributed by atoms with Crippen molar-refractivity contribution in [2.75, 3.05) is 31.6 Å². The molecule has 1 aliphatic heterocycles. The standard InChI is InChI=1S/C16H17FN2O5/c17-13-7-9(18-14(20)11-8-12(11)16(22)23)1-2-10(13)15(21)19-3-5-24-6-4-19/h1-2,7,11-12H,3-6,8H2,(H,18,20)(H,22,23)/t11-,12+/m0/s1. The molecular formula is C16H17FN2O5. The molecular weight excluding hydrogens is 319 g/mol. The summed E-state index contributed by atoms with van der Waals surface area (Å²) >= 11 is 0. The number of halogens is 1. The highest BCUT2D eigenvalue weighted by molar-refractivity contribution is 5.99. The highest BCUT2D eigenvalue weighted by atomic mass is 19.1. The summed E-state index contributed by atoms with van der Waals surface area (Å²) in [6.07, 6.45) is 0.289. The van der Waals surface area contributed by atoms with Crippen LogP contribution in [0.4, 0.5) is 10.1 Å². The van der Waals surface area contributed by atoms with E-state index >= 15 is 0 Å². The topological polar surface area (TPSA) is 95.9 Å². The maximum Gasteiger partial charge on any atom is 0.307 e. The number of carboxylic acids is 1. The second-order valence-electron chi connectivity index (χ2n) is 5.88. The number of carboxylic acid groups (broad SMARTS) is 1. The number of amides is 2. The molecule has 2 amide bonds. The van der Waals surface area contributed by atoms with Crippen LogP contribution in [0.2, 0.25) is 0 Å². The normalized spacial score (nSPS) is 22.8. The second kappa shape index (κ2) is 6.56. The Morgan fingerprint density at radius 2 is 1.92 bits per heavy atom. The Morgan fingerprint density at radius 1 is 1.21 bits per heavy atom. The molecule has 1 aromatic carbocycles. The summed E-state index contributed by atoms with van der Waals surface area (Å²) in [7, 11) is 0. The molecule has 128 valence electrons. The Balaban J connectivity index is 1.65. The summed E-state index contributed by atoms with van der Waals surface area (Å²) in [5.41, 5.74) is 0.136. The number of aliphatic carboxylic acids is 1. The molecule has 2 aliphatic rings. The fourth-order valence-corrected chi connectivity index (χ4v) is 2.70. The molecule has 0 radical (unpaired) electrons. The third-order valence-corrected chi connectivity index (χ3v) is 4.21. The Bertz CT molecular complexity index is 687. The Morgan fingerprint density at radius 3 is 2.50 bits per heavy atom. The first-order chi connectivity index (χ1) is 11.5. The van der Waals surface area contributed by atoms with Crippen LogP contribution in [0.3, 0.4) is 0 Å². The molecule has 1 heterocycles. The number of carbonyl (C=O) groups excluding carboxylic acids is 2. The summed E-state index contributed by atoms with van der Waals surface area (Å²) in [6, 6.07) is 3.83. The molecule has 0 spiro atoms. The lowest BCUT2D eigenvalue weighted by atomic mass is 10.1. The molecule has 0 bridgehead atoms. The largest absolute Gasteiger partial charge is 0.481 e. The van der Waals surface area contributed by atoms with Crippen LogP contribution in [0.5, 0.6) is 0 Å². The van der Waals surface area contributed by atoms with Gasteiger partial charge < -0.3 is 20.1 Å². The smallest absolute Gasteiger partial charge is 0.307 e. The number of rotatable bonds is 4. The molecule has 1 saturated carbocycles. The fourth-order valence-electron chi connectivity index (χ4n) is 2.70. The van der Waals surface area contributed by atoms with Gasteiger partial charge in [-0.3, -0.25) is 14.4 Å². The van der Waals surface area contributed by atoms with Crippen molar-refractivity contribution in [2.24, 2.45) is 11.8 Å². The van der Waals surface area contributed by atoms with Crippen LogP contribution < -0.4 is 5.32 Å². The minimum absolute atomic E-state index is 0.0651. The third-order valence-electron chi connectivity index (χ3n) is 4.21. The number of carbonyl (C=O) groups is 3. The highest BCUT2D eigenvalue weighted by Crippen LogP contribution is 2.39. The lowest BCUT2D eigenvalue weighted by Gasteiger charge is -2.27. The van der Waals surface area contributed by atoms with Gasteiger partial charge >= 0.3 is 5.97 Å². The van der Waals surface area contributed by atoms with Gasteiger partial charge in [-0.2, -0.15) is 0 Å². The van der Waals surface area contributed by atoms with Crippen LogP contribution in [0.1, 0.15) is 16.8 Å². The van der Waals surface area contributed by atoms with Gasteiger partial charge in [-0.1, -0.05) is 0 Å². The molecule has 1 aliphatic carbocycles. The Labute approximate surface area is 137 Å². The van der Waals surface area contributed by atoms with Crippen molar-refractivity contribution in [1.82, 2.24) is 4.90 Å². The molecule has 2 atom stereocenters. The zero-order valence-electron chi connectivity index (χ0n) is 12.8. The molecule has 1 saturated heterocycles. The van der Waals surface area contributed by atoms with Crippen molar-refractivity contribution in [3.63, 3.8) is 0 Å². The van der Waals surface area contributed by atoms with E-state index in [0.717, 1.165) is 6.07 Å². The van der Waals surface area contributed by atoms with Crippen LogP contribution in [0.15, 0.2) is 18.2 Å². The van der Waals surface area contributed by atoms with E-state index in [2.05, 4.69) is 5.32 Å². The van der Waals surface area contributed by atoms with E-state index in [1.807, 2.05) is 0 Å². The van der Waals surface area contributed by atoms with Gasteiger partial charge in [0.15, 0.2) is 0 Å². The van der Waals surface area contributed by atoms with E-state index in [-0.39, 0.29) is 17.7 Å². The number of ether oxygens (including phenoxy) is 1. The van der Waals surface area contributed by atoms with Gasteiger partial charge in [0.05, 0.1) is 30.6 Å². The molecule has 24 heavy (non-hydrogen) atoms. The number of morpholine rings is 1. The van der Waals surface area contributed by atoms with Crippen molar-refractivity contribution in [2.45, 2.75) is 6.42 Å². The van der Waals surface area contributed by atoms with Crippen LogP contribution in [0, 0.1) is 17.7 Å². The van der Waals surface area contributed by atoms with Gasteiger partial charge in [-0.25, -0.2) is 4.39 Å². The predicted molar refractivity (Wildman–Crippen MR) is 81.0 cm³/mol. The molecule has 8 heteroatoms. The number of nitrogens with one attached hydrogen (secondary N) is 1. The molecule has 3 rings (SSSR count).